The molecule has 0 aliphatic heterocycles. The fourth-order valence-electron chi connectivity index (χ4n) is 7.01. The molecule has 0 spiro atoms. The highest BCUT2D eigenvalue weighted by Gasteiger charge is 2.51. The molecule has 0 N–H and O–H groups in total. The predicted molar refractivity (Wildman–Crippen MR) is 104 cm³/mol. The van der Waals surface area contributed by atoms with Crippen molar-refractivity contribution in [2.75, 3.05) is 0 Å². The Hall–Kier alpha value is -1.82. The molecule has 0 unspecified atom stereocenters. The van der Waals surface area contributed by atoms with Crippen LogP contribution in [0.25, 0.3) is 17.2 Å². The molecule has 0 heteroatoms. The molecule has 0 amide bonds. The van der Waals surface area contributed by atoms with E-state index in [1.807, 2.05) is 0 Å². The Morgan fingerprint density at radius 3 is 2.12 bits per heavy atom. The van der Waals surface area contributed by atoms with Crippen LogP contribution in [0.15, 0.2) is 48.5 Å². The first-order chi connectivity index (χ1) is 12.3. The summed E-state index contributed by atoms with van der Waals surface area (Å²) >= 11 is 0. The first-order valence-corrected chi connectivity index (χ1v) is 10.2. The average Bonchev–Trinajstić information content (AvgIpc) is 3.09. The Labute approximate surface area is 151 Å². The minimum absolute atomic E-state index is 0.520. The second-order valence-corrected chi connectivity index (χ2v) is 9.26. The van der Waals surface area contributed by atoms with Crippen molar-refractivity contribution >= 4 is 6.08 Å². The molecule has 0 radical (unpaired) electrons. The molecule has 2 aromatic rings. The molecule has 0 aromatic heterocycles. The van der Waals surface area contributed by atoms with Crippen LogP contribution < -0.4 is 0 Å². The number of benzene rings is 2. The molecule has 5 aliphatic carbocycles. The summed E-state index contributed by atoms with van der Waals surface area (Å²) in [7, 11) is 0. The van der Waals surface area contributed by atoms with E-state index in [1.54, 1.807) is 5.56 Å². The van der Waals surface area contributed by atoms with Gasteiger partial charge in [-0.15, -0.1) is 0 Å². The van der Waals surface area contributed by atoms with Gasteiger partial charge in [0.15, 0.2) is 0 Å². The molecule has 4 bridgehead atoms. The van der Waals surface area contributed by atoms with Crippen molar-refractivity contribution < 1.29 is 0 Å². The van der Waals surface area contributed by atoms with Crippen LogP contribution in [-0.2, 0) is 11.8 Å². The molecule has 0 nitrogen and oxygen atoms in total. The predicted octanol–water partition coefficient (Wildman–Crippen LogP) is 6.39. The zero-order valence-electron chi connectivity index (χ0n) is 14.9. The van der Waals surface area contributed by atoms with Crippen LogP contribution in [-0.4, -0.2) is 0 Å². The summed E-state index contributed by atoms with van der Waals surface area (Å²) in [6, 6.07) is 16.5. The molecule has 4 fully saturated rings. The zero-order valence-corrected chi connectivity index (χ0v) is 14.9. The van der Waals surface area contributed by atoms with Crippen LogP contribution in [0.5, 0.6) is 0 Å². The maximum absolute atomic E-state index is 2.47. The van der Waals surface area contributed by atoms with Crippen LogP contribution in [0.4, 0.5) is 0 Å². The zero-order chi connectivity index (χ0) is 16.4. The quantitative estimate of drug-likeness (QED) is 0.600. The Balaban J connectivity index is 1.37. The maximum atomic E-state index is 2.47. The number of hydrogen-bond acceptors (Lipinski definition) is 0. The van der Waals surface area contributed by atoms with Crippen LogP contribution in [0.2, 0.25) is 0 Å². The van der Waals surface area contributed by atoms with Gasteiger partial charge in [0, 0.05) is 0 Å². The van der Waals surface area contributed by atoms with Crippen molar-refractivity contribution in [1.82, 2.24) is 0 Å². The van der Waals surface area contributed by atoms with Gasteiger partial charge in [-0.05, 0) is 95.9 Å². The van der Waals surface area contributed by atoms with E-state index in [2.05, 4.69) is 54.6 Å². The van der Waals surface area contributed by atoms with Gasteiger partial charge < -0.3 is 0 Å². The van der Waals surface area contributed by atoms with Gasteiger partial charge in [0.2, 0.25) is 0 Å². The van der Waals surface area contributed by atoms with E-state index < -0.39 is 0 Å². The largest absolute Gasteiger partial charge is 0.0795 e. The monoisotopic (exact) mass is 326 g/mol. The Morgan fingerprint density at radius 2 is 1.44 bits per heavy atom. The third-order valence-corrected chi connectivity index (χ3v) is 7.67. The van der Waals surface area contributed by atoms with Gasteiger partial charge in [-0.2, -0.15) is 0 Å². The molecule has 0 saturated heterocycles. The van der Waals surface area contributed by atoms with E-state index >= 15 is 0 Å². The molecule has 25 heavy (non-hydrogen) atoms. The SMILES string of the molecule is C1=Cc2c(cccc2-c2ccc(C34CC5CC(CC(C5)C3)C4)cc2)C1. The van der Waals surface area contributed by atoms with Gasteiger partial charge in [0.25, 0.3) is 0 Å². The lowest BCUT2D eigenvalue weighted by Gasteiger charge is -2.57. The molecule has 2 aromatic carbocycles. The van der Waals surface area contributed by atoms with E-state index in [0.29, 0.717) is 5.41 Å². The van der Waals surface area contributed by atoms with Gasteiger partial charge in [0.1, 0.15) is 0 Å². The van der Waals surface area contributed by atoms with E-state index in [0.717, 1.165) is 24.2 Å². The first-order valence-electron chi connectivity index (χ1n) is 10.2. The van der Waals surface area contributed by atoms with E-state index in [4.69, 9.17) is 0 Å². The van der Waals surface area contributed by atoms with Gasteiger partial charge in [-0.3, -0.25) is 0 Å². The highest BCUT2D eigenvalue weighted by Crippen LogP contribution is 2.60. The summed E-state index contributed by atoms with van der Waals surface area (Å²) in [4.78, 5) is 0. The maximum Gasteiger partial charge on any atom is -0.00391 e. The topological polar surface area (TPSA) is 0 Å². The van der Waals surface area contributed by atoms with Gasteiger partial charge in [0.05, 0.1) is 0 Å². The highest BCUT2D eigenvalue weighted by molar-refractivity contribution is 5.79. The fourth-order valence-corrected chi connectivity index (χ4v) is 7.01. The van der Waals surface area contributed by atoms with Crippen LogP contribution in [0.3, 0.4) is 0 Å². The lowest BCUT2D eigenvalue weighted by Crippen LogP contribution is -2.48. The summed E-state index contributed by atoms with van der Waals surface area (Å²) < 4.78 is 0. The lowest BCUT2D eigenvalue weighted by molar-refractivity contribution is -0.00518. The second kappa shape index (κ2) is 5.10. The van der Waals surface area contributed by atoms with E-state index in [-0.39, 0.29) is 0 Å². The van der Waals surface area contributed by atoms with E-state index in [9.17, 15) is 0 Å². The summed E-state index contributed by atoms with van der Waals surface area (Å²) in [6.07, 6.45) is 14.6. The number of allylic oxidation sites excluding steroid dienone is 1. The Morgan fingerprint density at radius 1 is 0.760 bits per heavy atom. The smallest absolute Gasteiger partial charge is 0.00391 e. The second-order valence-electron chi connectivity index (χ2n) is 9.26. The van der Waals surface area contributed by atoms with Crippen LogP contribution >= 0.6 is 0 Å². The van der Waals surface area contributed by atoms with Crippen molar-refractivity contribution in [2.24, 2.45) is 17.8 Å². The number of fused-ring (bicyclic) bond motifs is 1. The number of rotatable bonds is 2. The molecule has 4 saturated carbocycles. The molecular formula is C25H26. The van der Waals surface area contributed by atoms with Crippen molar-refractivity contribution in [2.45, 2.75) is 50.4 Å². The molecule has 0 heterocycles. The van der Waals surface area contributed by atoms with Gasteiger partial charge >= 0.3 is 0 Å². The summed E-state index contributed by atoms with van der Waals surface area (Å²) in [5.41, 5.74) is 7.86. The standard InChI is InChI=1S/C25H26/c1-3-20-4-2-6-24(23(20)5-1)21-7-9-22(10-8-21)25-14-17-11-18(15-25)13-19(12-17)16-25/h1-2,4-10,17-19H,3,11-16H2. The summed E-state index contributed by atoms with van der Waals surface area (Å²) in [5.74, 6) is 3.07. The minimum Gasteiger partial charge on any atom is -0.0795 e. The van der Waals surface area contributed by atoms with E-state index in [1.165, 1.54) is 60.8 Å². The van der Waals surface area contributed by atoms with Crippen LogP contribution in [0, 0.1) is 17.8 Å². The van der Waals surface area contributed by atoms with Gasteiger partial charge in [-0.25, -0.2) is 0 Å². The molecule has 126 valence electrons. The summed E-state index contributed by atoms with van der Waals surface area (Å²) in [5, 5.41) is 0. The molecular weight excluding hydrogens is 300 g/mol. The third kappa shape index (κ3) is 2.13. The van der Waals surface area contributed by atoms with Crippen molar-refractivity contribution in [3.8, 4) is 11.1 Å². The molecule has 7 rings (SSSR count). The number of hydrogen-bond donors (Lipinski definition) is 0. The lowest BCUT2D eigenvalue weighted by atomic mass is 9.48. The van der Waals surface area contributed by atoms with Crippen molar-refractivity contribution in [3.63, 3.8) is 0 Å². The molecule has 0 atom stereocenters. The van der Waals surface area contributed by atoms with Crippen molar-refractivity contribution in [1.29, 1.82) is 0 Å². The highest BCUT2D eigenvalue weighted by atomic mass is 14.6. The average molecular weight is 326 g/mol. The normalized spacial score (nSPS) is 34.5. The van der Waals surface area contributed by atoms with Crippen LogP contribution in [0.1, 0.15) is 55.2 Å². The fraction of sp³-hybridized carbons (Fsp3) is 0.440. The summed E-state index contributed by atoms with van der Waals surface area (Å²) in [6.45, 7) is 0. The molecule has 5 aliphatic rings. The Bertz CT molecular complexity index is 817. The Kier molecular flexibility index (Phi) is 2.93. The van der Waals surface area contributed by atoms with Crippen molar-refractivity contribution in [3.05, 3.63) is 65.2 Å². The first kappa shape index (κ1) is 14.4. The third-order valence-electron chi connectivity index (χ3n) is 7.67. The minimum atomic E-state index is 0.520. The van der Waals surface area contributed by atoms with Gasteiger partial charge in [-0.1, -0.05) is 54.6 Å².